The number of fused-ring (bicyclic) bond motifs is 1. The minimum absolute atomic E-state index is 0.0928. The Hall–Kier alpha value is -1.81. The van der Waals surface area contributed by atoms with Crippen LogP contribution in [0.2, 0.25) is 0 Å². The third-order valence-corrected chi connectivity index (χ3v) is 3.20. The Labute approximate surface area is 105 Å². The molecule has 2 aromatic heterocycles. The molecule has 0 radical (unpaired) electrons. The molecule has 0 amide bonds. The lowest BCUT2D eigenvalue weighted by Crippen LogP contribution is -2.32. The van der Waals surface area contributed by atoms with Crippen molar-refractivity contribution in [2.75, 3.05) is 6.61 Å². The smallest absolute Gasteiger partial charge is 0.279 e. The van der Waals surface area contributed by atoms with Crippen LogP contribution in [0.5, 0.6) is 0 Å². The first-order valence-electron chi connectivity index (χ1n) is 5.67. The average Bonchev–Trinajstić information content (AvgIpc) is 2.94. The summed E-state index contributed by atoms with van der Waals surface area (Å²) in [6.07, 6.45) is -3.05. The second-order valence-corrected chi connectivity index (χ2v) is 4.33. The van der Waals surface area contributed by atoms with Gasteiger partial charge in [-0.25, -0.2) is 4.98 Å². The first-order chi connectivity index (χ1) is 9.13. The molecule has 1 fully saturated rings. The van der Waals surface area contributed by atoms with E-state index in [2.05, 4.69) is 20.2 Å². The van der Waals surface area contributed by atoms with E-state index in [1.807, 2.05) is 0 Å². The highest BCUT2D eigenvalue weighted by molar-refractivity contribution is 5.75. The number of aliphatic hydroxyl groups is 3. The summed E-state index contributed by atoms with van der Waals surface area (Å²) in [4.78, 5) is 17.9. The first kappa shape index (κ1) is 12.2. The van der Waals surface area contributed by atoms with Gasteiger partial charge in [0.2, 0.25) is 0 Å². The van der Waals surface area contributed by atoms with Crippen LogP contribution in [0.15, 0.2) is 11.1 Å². The maximum absolute atomic E-state index is 11.5. The van der Waals surface area contributed by atoms with E-state index in [0.29, 0.717) is 5.69 Å². The quantitative estimate of drug-likeness (QED) is 0.415. The number of aromatic amines is 2. The lowest BCUT2D eigenvalue weighted by atomic mass is 10.1. The van der Waals surface area contributed by atoms with Gasteiger partial charge >= 0.3 is 0 Å². The number of ether oxygens (including phenoxy) is 1. The molecule has 102 valence electrons. The number of nitrogens with zero attached hydrogens (tertiary/aromatic N) is 2. The summed E-state index contributed by atoms with van der Waals surface area (Å²) in [7, 11) is 0. The summed E-state index contributed by atoms with van der Waals surface area (Å²) in [5.41, 5.74) is 0.233. The van der Waals surface area contributed by atoms with Gasteiger partial charge in [-0.1, -0.05) is 0 Å². The van der Waals surface area contributed by atoms with Crippen molar-refractivity contribution in [2.45, 2.75) is 24.4 Å². The summed E-state index contributed by atoms with van der Waals surface area (Å²) in [5.74, 6) is 0. The van der Waals surface area contributed by atoms with Crippen molar-refractivity contribution >= 4 is 11.0 Å². The predicted molar refractivity (Wildman–Crippen MR) is 61.2 cm³/mol. The molecule has 4 atom stereocenters. The Morgan fingerprint density at radius 1 is 1.32 bits per heavy atom. The van der Waals surface area contributed by atoms with Crippen LogP contribution in [0.4, 0.5) is 0 Å². The Kier molecular flexibility index (Phi) is 2.82. The average molecular weight is 268 g/mol. The van der Waals surface area contributed by atoms with Gasteiger partial charge in [-0.2, -0.15) is 5.10 Å². The molecule has 1 saturated heterocycles. The summed E-state index contributed by atoms with van der Waals surface area (Å²) in [5, 5.41) is 35.0. The normalized spacial score (nSPS) is 31.1. The van der Waals surface area contributed by atoms with Crippen molar-refractivity contribution < 1.29 is 20.1 Å². The second kappa shape index (κ2) is 4.38. The van der Waals surface area contributed by atoms with Crippen molar-refractivity contribution in [3.63, 3.8) is 0 Å². The molecule has 0 spiro atoms. The molecular weight excluding hydrogens is 256 g/mol. The largest absolute Gasteiger partial charge is 0.394 e. The van der Waals surface area contributed by atoms with E-state index in [4.69, 9.17) is 9.84 Å². The van der Waals surface area contributed by atoms with E-state index in [-0.39, 0.29) is 11.0 Å². The lowest BCUT2D eigenvalue weighted by molar-refractivity contribution is -0.0236. The van der Waals surface area contributed by atoms with Gasteiger partial charge in [0.1, 0.15) is 29.9 Å². The van der Waals surface area contributed by atoms with Crippen molar-refractivity contribution in [1.82, 2.24) is 20.2 Å². The summed E-state index contributed by atoms with van der Waals surface area (Å²) >= 11 is 0. The highest BCUT2D eigenvalue weighted by atomic mass is 16.6. The number of rotatable bonds is 2. The highest BCUT2D eigenvalue weighted by Crippen LogP contribution is 2.34. The Morgan fingerprint density at radius 3 is 2.79 bits per heavy atom. The number of aliphatic hydroxyl groups excluding tert-OH is 3. The topological polar surface area (TPSA) is 144 Å². The SMILES string of the molecule is O=c1[nH]cnc2c([C@@H]3O[C@@H](CO)[C@@H](O)[C@@H]3O)[nH]nc12. The number of nitrogens with one attached hydrogen (secondary N) is 2. The van der Waals surface area contributed by atoms with Crippen LogP contribution in [-0.2, 0) is 4.74 Å². The van der Waals surface area contributed by atoms with Crippen LogP contribution in [0.1, 0.15) is 11.8 Å². The standard InChI is InChI=1S/C10H12N4O5/c15-1-3-7(16)8(17)9(19-3)5-4-6(14-13-5)10(18)12-2-11-4/h2-3,7-9,15-17H,1H2,(H,13,14)(H,11,12,18)/t3-,7+,8-,9-/m0/s1. The molecule has 1 aliphatic heterocycles. The van der Waals surface area contributed by atoms with Crippen LogP contribution in [-0.4, -0.2) is 60.4 Å². The molecule has 19 heavy (non-hydrogen) atoms. The molecule has 3 heterocycles. The summed E-state index contributed by atoms with van der Waals surface area (Å²) in [6.45, 7) is -0.422. The van der Waals surface area contributed by atoms with E-state index in [1.165, 1.54) is 6.33 Å². The molecule has 9 heteroatoms. The highest BCUT2D eigenvalue weighted by Gasteiger charge is 2.44. The molecule has 2 aromatic rings. The van der Waals surface area contributed by atoms with Gasteiger partial charge in [-0.05, 0) is 0 Å². The van der Waals surface area contributed by atoms with Gasteiger partial charge in [0.15, 0.2) is 5.52 Å². The van der Waals surface area contributed by atoms with E-state index in [9.17, 15) is 15.0 Å². The molecule has 0 aliphatic carbocycles. The van der Waals surface area contributed by atoms with Gasteiger partial charge in [0.05, 0.1) is 18.6 Å². The zero-order chi connectivity index (χ0) is 13.6. The minimum Gasteiger partial charge on any atom is -0.394 e. The van der Waals surface area contributed by atoms with E-state index in [1.54, 1.807) is 0 Å². The molecule has 0 aromatic carbocycles. The summed E-state index contributed by atoms with van der Waals surface area (Å²) in [6, 6.07) is 0. The van der Waals surface area contributed by atoms with E-state index >= 15 is 0 Å². The van der Waals surface area contributed by atoms with Crippen LogP contribution >= 0.6 is 0 Å². The lowest BCUT2D eigenvalue weighted by Gasteiger charge is -2.12. The molecule has 0 bridgehead atoms. The maximum atomic E-state index is 11.5. The number of aromatic nitrogens is 4. The fourth-order valence-electron chi connectivity index (χ4n) is 2.20. The molecule has 9 nitrogen and oxygen atoms in total. The van der Waals surface area contributed by atoms with Crippen molar-refractivity contribution in [3.05, 3.63) is 22.4 Å². The fourth-order valence-corrected chi connectivity index (χ4v) is 2.20. The molecule has 0 unspecified atom stereocenters. The van der Waals surface area contributed by atoms with Crippen LogP contribution in [0.25, 0.3) is 11.0 Å². The fraction of sp³-hybridized carbons (Fsp3) is 0.500. The first-order valence-corrected chi connectivity index (χ1v) is 5.67. The minimum atomic E-state index is -1.23. The maximum Gasteiger partial charge on any atom is 0.279 e. The Balaban J connectivity index is 2.06. The van der Waals surface area contributed by atoms with Gasteiger partial charge in [-0.15, -0.1) is 0 Å². The molecular formula is C10H12N4O5. The van der Waals surface area contributed by atoms with Gasteiger partial charge < -0.3 is 25.0 Å². The van der Waals surface area contributed by atoms with Crippen molar-refractivity contribution in [3.8, 4) is 0 Å². The third kappa shape index (κ3) is 1.75. The monoisotopic (exact) mass is 268 g/mol. The molecule has 5 N–H and O–H groups in total. The molecule has 1 aliphatic rings. The number of hydrogen-bond acceptors (Lipinski definition) is 7. The molecule has 0 saturated carbocycles. The van der Waals surface area contributed by atoms with Crippen LogP contribution in [0, 0.1) is 0 Å². The zero-order valence-electron chi connectivity index (χ0n) is 9.65. The van der Waals surface area contributed by atoms with Gasteiger partial charge in [-0.3, -0.25) is 9.89 Å². The van der Waals surface area contributed by atoms with Crippen LogP contribution < -0.4 is 5.56 Å². The summed E-state index contributed by atoms with van der Waals surface area (Å²) < 4.78 is 5.35. The van der Waals surface area contributed by atoms with E-state index in [0.717, 1.165) is 0 Å². The number of hydrogen-bond donors (Lipinski definition) is 5. The zero-order valence-corrected chi connectivity index (χ0v) is 9.65. The predicted octanol–water partition coefficient (Wildman–Crippen LogP) is -2.20. The van der Waals surface area contributed by atoms with Gasteiger partial charge in [0.25, 0.3) is 5.56 Å². The van der Waals surface area contributed by atoms with Crippen molar-refractivity contribution in [2.24, 2.45) is 0 Å². The number of H-pyrrole nitrogens is 2. The Bertz CT molecular complexity index is 653. The van der Waals surface area contributed by atoms with Crippen molar-refractivity contribution in [1.29, 1.82) is 0 Å². The Morgan fingerprint density at radius 2 is 2.11 bits per heavy atom. The van der Waals surface area contributed by atoms with Gasteiger partial charge in [0, 0.05) is 0 Å². The molecule has 3 rings (SSSR count). The second-order valence-electron chi connectivity index (χ2n) is 4.33. The third-order valence-electron chi connectivity index (χ3n) is 3.20. The van der Waals surface area contributed by atoms with E-state index < -0.39 is 36.6 Å². The van der Waals surface area contributed by atoms with Crippen LogP contribution in [0.3, 0.4) is 0 Å².